The van der Waals surface area contributed by atoms with Crippen molar-refractivity contribution in [2.45, 2.75) is 25.7 Å². The van der Waals surface area contributed by atoms with Crippen LogP contribution in [-0.4, -0.2) is 17.0 Å². The summed E-state index contributed by atoms with van der Waals surface area (Å²) in [5.41, 5.74) is 2.84. The Kier molecular flexibility index (Phi) is 3.87. The number of nitrogens with one attached hydrogen (secondary N) is 1. The van der Waals surface area contributed by atoms with E-state index in [0.29, 0.717) is 11.8 Å². The summed E-state index contributed by atoms with van der Waals surface area (Å²) in [6, 6.07) is 6.30. The van der Waals surface area contributed by atoms with E-state index in [2.05, 4.69) is 43.3 Å². The van der Waals surface area contributed by atoms with Gasteiger partial charge < -0.3 is 10.1 Å². The van der Waals surface area contributed by atoms with Crippen LogP contribution < -0.4 is 10.1 Å². The van der Waals surface area contributed by atoms with Gasteiger partial charge in [-0.15, -0.1) is 0 Å². The Balaban J connectivity index is 1.87. The number of hydrogen-bond acceptors (Lipinski definition) is 4. The van der Waals surface area contributed by atoms with Crippen molar-refractivity contribution in [1.82, 2.24) is 9.97 Å². The molecule has 0 atom stereocenters. The minimum absolute atomic E-state index is 0.528. The minimum Gasteiger partial charge on any atom is -0.438 e. The molecule has 0 saturated heterocycles. The third kappa shape index (κ3) is 2.77. The van der Waals surface area contributed by atoms with E-state index >= 15 is 0 Å². The molecule has 20 heavy (non-hydrogen) atoms. The number of aryl methyl sites for hydroxylation is 2. The fourth-order valence-corrected chi connectivity index (χ4v) is 2.70. The Morgan fingerprint density at radius 2 is 2.00 bits per heavy atom. The van der Waals surface area contributed by atoms with Gasteiger partial charge in [-0.05, 0) is 64.9 Å². The molecule has 1 aliphatic carbocycles. The molecule has 0 unspecified atom stereocenters. The first-order chi connectivity index (χ1) is 9.76. The van der Waals surface area contributed by atoms with Gasteiger partial charge in [-0.1, -0.05) is 6.07 Å². The second-order valence-electron chi connectivity index (χ2n) is 4.84. The van der Waals surface area contributed by atoms with Gasteiger partial charge in [0.25, 0.3) is 0 Å². The smallest absolute Gasteiger partial charge is 0.238 e. The molecular formula is C15H16BrN3O. The molecule has 2 aromatic rings. The number of anilines is 1. The maximum Gasteiger partial charge on any atom is 0.238 e. The number of aromatic nitrogens is 2. The first-order valence-electron chi connectivity index (χ1n) is 6.76. The summed E-state index contributed by atoms with van der Waals surface area (Å²) in [5, 5.41) is 2.91. The maximum absolute atomic E-state index is 5.88. The summed E-state index contributed by atoms with van der Waals surface area (Å²) in [6.07, 6.45) is 6.55. The van der Waals surface area contributed by atoms with Crippen molar-refractivity contribution in [3.63, 3.8) is 0 Å². The van der Waals surface area contributed by atoms with Crippen LogP contribution in [-0.2, 0) is 12.8 Å². The molecule has 0 spiro atoms. The Morgan fingerprint density at radius 3 is 2.80 bits per heavy atom. The van der Waals surface area contributed by atoms with E-state index in [-0.39, 0.29) is 0 Å². The van der Waals surface area contributed by atoms with Crippen molar-refractivity contribution in [3.05, 3.63) is 40.0 Å². The van der Waals surface area contributed by atoms with Gasteiger partial charge in [-0.25, -0.2) is 4.98 Å². The van der Waals surface area contributed by atoms with Gasteiger partial charge in [0.05, 0.1) is 10.7 Å². The van der Waals surface area contributed by atoms with Crippen molar-refractivity contribution in [2.24, 2.45) is 0 Å². The summed E-state index contributed by atoms with van der Waals surface area (Å²) < 4.78 is 6.62. The van der Waals surface area contributed by atoms with Crippen molar-refractivity contribution in [3.8, 4) is 11.6 Å². The highest BCUT2D eigenvalue weighted by Gasteiger charge is 2.12. The molecule has 1 aromatic heterocycles. The molecule has 104 valence electrons. The predicted molar refractivity (Wildman–Crippen MR) is 82.4 cm³/mol. The van der Waals surface area contributed by atoms with Crippen molar-refractivity contribution in [1.29, 1.82) is 0 Å². The zero-order valence-corrected chi connectivity index (χ0v) is 12.9. The van der Waals surface area contributed by atoms with Gasteiger partial charge in [-0.2, -0.15) is 4.98 Å². The highest BCUT2D eigenvalue weighted by atomic mass is 79.9. The third-order valence-corrected chi connectivity index (χ3v) is 4.01. The number of fused-ring (bicyclic) bond motifs is 1. The molecule has 4 nitrogen and oxygen atoms in total. The summed E-state index contributed by atoms with van der Waals surface area (Å²) in [5.74, 6) is 1.90. The lowest BCUT2D eigenvalue weighted by atomic mass is 9.92. The summed E-state index contributed by atoms with van der Waals surface area (Å²) in [6.45, 7) is 0. The Morgan fingerprint density at radius 1 is 1.20 bits per heavy atom. The summed E-state index contributed by atoms with van der Waals surface area (Å²) >= 11 is 3.41. The fraction of sp³-hybridized carbons (Fsp3) is 0.333. The largest absolute Gasteiger partial charge is 0.438 e. The van der Waals surface area contributed by atoms with Crippen LogP contribution in [0, 0.1) is 0 Å². The van der Waals surface area contributed by atoms with E-state index < -0.39 is 0 Å². The topological polar surface area (TPSA) is 47.0 Å². The number of rotatable bonds is 3. The van der Waals surface area contributed by atoms with Crippen LogP contribution >= 0.6 is 15.9 Å². The molecule has 1 N–H and O–H groups in total. The molecule has 3 rings (SSSR count). The molecule has 0 saturated carbocycles. The van der Waals surface area contributed by atoms with Crippen LogP contribution in [0.5, 0.6) is 11.6 Å². The SMILES string of the molecule is CNc1ncc(Br)c(Oc2ccc3c(c2)CCCC3)n1. The molecular weight excluding hydrogens is 318 g/mol. The number of ether oxygens (including phenoxy) is 1. The average Bonchev–Trinajstić information content (AvgIpc) is 2.49. The lowest BCUT2D eigenvalue weighted by molar-refractivity contribution is 0.457. The van der Waals surface area contributed by atoms with Gasteiger partial charge in [0.2, 0.25) is 11.8 Å². The van der Waals surface area contributed by atoms with E-state index in [9.17, 15) is 0 Å². The molecule has 0 aliphatic heterocycles. The Labute approximate surface area is 126 Å². The Hall–Kier alpha value is -1.62. The minimum atomic E-state index is 0.528. The van der Waals surface area contributed by atoms with Crippen LogP contribution in [0.4, 0.5) is 5.95 Å². The molecule has 0 bridgehead atoms. The van der Waals surface area contributed by atoms with Crippen molar-refractivity contribution in [2.75, 3.05) is 12.4 Å². The zero-order valence-electron chi connectivity index (χ0n) is 11.3. The Bertz CT molecular complexity index is 631. The monoisotopic (exact) mass is 333 g/mol. The van der Waals surface area contributed by atoms with Gasteiger partial charge in [0, 0.05) is 7.05 Å². The maximum atomic E-state index is 5.88. The van der Waals surface area contributed by atoms with Crippen LogP contribution in [0.2, 0.25) is 0 Å². The normalized spacial score (nSPS) is 13.7. The fourth-order valence-electron chi connectivity index (χ4n) is 2.43. The quantitative estimate of drug-likeness (QED) is 0.923. The number of benzene rings is 1. The third-order valence-electron chi connectivity index (χ3n) is 3.47. The van der Waals surface area contributed by atoms with Crippen molar-refractivity contribution >= 4 is 21.9 Å². The van der Waals surface area contributed by atoms with E-state index in [1.807, 2.05) is 6.07 Å². The standard InChI is InChI=1S/C15H16BrN3O/c1-17-15-18-9-13(16)14(19-15)20-12-7-6-10-4-2-3-5-11(10)8-12/h6-9H,2-5H2,1H3,(H,17,18,19). The van der Waals surface area contributed by atoms with Gasteiger partial charge >= 0.3 is 0 Å². The molecule has 1 aliphatic rings. The van der Waals surface area contributed by atoms with Crippen LogP contribution in [0.15, 0.2) is 28.9 Å². The highest BCUT2D eigenvalue weighted by Crippen LogP contribution is 2.31. The van der Waals surface area contributed by atoms with Gasteiger partial charge in [0.1, 0.15) is 5.75 Å². The number of nitrogens with zero attached hydrogens (tertiary/aromatic N) is 2. The van der Waals surface area contributed by atoms with Gasteiger partial charge in [-0.3, -0.25) is 0 Å². The first kappa shape index (κ1) is 13.4. The van der Waals surface area contributed by atoms with Crippen LogP contribution in [0.25, 0.3) is 0 Å². The second-order valence-corrected chi connectivity index (χ2v) is 5.69. The van der Waals surface area contributed by atoms with Crippen LogP contribution in [0.1, 0.15) is 24.0 Å². The van der Waals surface area contributed by atoms with E-state index in [1.165, 1.54) is 30.4 Å². The van der Waals surface area contributed by atoms with E-state index in [1.54, 1.807) is 13.2 Å². The summed E-state index contributed by atoms with van der Waals surface area (Å²) in [7, 11) is 1.78. The molecule has 5 heteroatoms. The predicted octanol–water partition coefficient (Wildman–Crippen LogP) is 3.95. The molecule has 0 amide bonds. The molecule has 0 fully saturated rings. The second kappa shape index (κ2) is 5.79. The average molecular weight is 334 g/mol. The lowest BCUT2D eigenvalue weighted by Crippen LogP contribution is -2.03. The van der Waals surface area contributed by atoms with Crippen LogP contribution in [0.3, 0.4) is 0 Å². The highest BCUT2D eigenvalue weighted by molar-refractivity contribution is 9.10. The van der Waals surface area contributed by atoms with Gasteiger partial charge in [0.15, 0.2) is 0 Å². The molecule has 1 heterocycles. The number of hydrogen-bond donors (Lipinski definition) is 1. The zero-order chi connectivity index (χ0) is 13.9. The first-order valence-corrected chi connectivity index (χ1v) is 7.55. The van der Waals surface area contributed by atoms with E-state index in [0.717, 1.165) is 16.6 Å². The van der Waals surface area contributed by atoms with E-state index in [4.69, 9.17) is 4.74 Å². The lowest BCUT2D eigenvalue weighted by Gasteiger charge is -2.16. The molecule has 0 radical (unpaired) electrons. The van der Waals surface area contributed by atoms with Crippen molar-refractivity contribution < 1.29 is 4.74 Å². The number of halogens is 1. The molecule has 1 aromatic carbocycles. The summed E-state index contributed by atoms with van der Waals surface area (Å²) in [4.78, 5) is 8.43.